The lowest BCUT2D eigenvalue weighted by Gasteiger charge is -2.33. The van der Waals surface area contributed by atoms with Gasteiger partial charge in [0.2, 0.25) is 5.91 Å². The molecule has 14 heavy (non-hydrogen) atoms. The Labute approximate surface area is 85.6 Å². The van der Waals surface area contributed by atoms with Crippen molar-refractivity contribution in [1.82, 2.24) is 10.2 Å². The second kappa shape index (κ2) is 5.32. The summed E-state index contributed by atoms with van der Waals surface area (Å²) < 4.78 is 5.52. The van der Waals surface area contributed by atoms with Gasteiger partial charge in [0.15, 0.2) is 0 Å². The van der Waals surface area contributed by atoms with E-state index in [1.54, 1.807) is 0 Å². The fourth-order valence-corrected chi connectivity index (χ4v) is 1.64. The van der Waals surface area contributed by atoms with Gasteiger partial charge in [0, 0.05) is 25.6 Å². The first-order valence-corrected chi connectivity index (χ1v) is 5.20. The van der Waals surface area contributed by atoms with Crippen LogP contribution in [0.15, 0.2) is 0 Å². The Kier molecular flexibility index (Phi) is 4.35. The van der Waals surface area contributed by atoms with Crippen LogP contribution in [0.1, 0.15) is 13.8 Å². The molecule has 0 saturated carbocycles. The Hall–Kier alpha value is -0.610. The maximum atomic E-state index is 11.7. The molecule has 0 unspecified atom stereocenters. The van der Waals surface area contributed by atoms with Crippen LogP contribution in [0.25, 0.3) is 0 Å². The third-order valence-electron chi connectivity index (χ3n) is 2.38. The van der Waals surface area contributed by atoms with Gasteiger partial charge in [-0.05, 0) is 7.05 Å². The molecule has 1 saturated heterocycles. The van der Waals surface area contributed by atoms with E-state index in [0.717, 1.165) is 19.6 Å². The third kappa shape index (κ3) is 2.96. The Morgan fingerprint density at radius 3 is 2.93 bits per heavy atom. The molecule has 1 atom stereocenters. The van der Waals surface area contributed by atoms with Crippen molar-refractivity contribution >= 4 is 5.91 Å². The topological polar surface area (TPSA) is 41.6 Å². The molecule has 4 heteroatoms. The highest BCUT2D eigenvalue weighted by molar-refractivity contribution is 5.78. The molecule has 1 aliphatic heterocycles. The summed E-state index contributed by atoms with van der Waals surface area (Å²) in [4.78, 5) is 13.6. The highest BCUT2D eigenvalue weighted by Crippen LogP contribution is 2.08. The van der Waals surface area contributed by atoms with Gasteiger partial charge in [-0.2, -0.15) is 0 Å². The van der Waals surface area contributed by atoms with E-state index in [0.29, 0.717) is 6.61 Å². The zero-order valence-corrected chi connectivity index (χ0v) is 9.25. The first-order valence-electron chi connectivity index (χ1n) is 5.20. The number of hydrogen-bond acceptors (Lipinski definition) is 3. The summed E-state index contributed by atoms with van der Waals surface area (Å²) in [6.45, 7) is 6.79. The maximum absolute atomic E-state index is 11.7. The van der Waals surface area contributed by atoms with Gasteiger partial charge in [0.05, 0.1) is 12.7 Å². The lowest BCUT2D eigenvalue weighted by atomic mass is 10.1. The van der Waals surface area contributed by atoms with Crippen molar-refractivity contribution in [2.24, 2.45) is 5.92 Å². The summed E-state index contributed by atoms with van der Waals surface area (Å²) in [5.41, 5.74) is 0. The zero-order valence-electron chi connectivity index (χ0n) is 9.25. The van der Waals surface area contributed by atoms with Crippen molar-refractivity contribution in [3.8, 4) is 0 Å². The molecular formula is C10H20N2O2. The normalized spacial score (nSPS) is 22.9. The molecular weight excluding hydrogens is 180 g/mol. The average molecular weight is 200 g/mol. The molecule has 1 fully saturated rings. The number of hydrogen-bond donors (Lipinski definition) is 1. The lowest BCUT2D eigenvalue weighted by molar-refractivity contribution is -0.141. The molecule has 0 aromatic heterocycles. The highest BCUT2D eigenvalue weighted by atomic mass is 16.5. The summed E-state index contributed by atoms with van der Waals surface area (Å²) in [6, 6.07) is 0. The minimum absolute atomic E-state index is 0.0864. The predicted molar refractivity (Wildman–Crippen MR) is 55.1 cm³/mol. The van der Waals surface area contributed by atoms with Crippen LogP contribution in [0.5, 0.6) is 0 Å². The second-order valence-electron chi connectivity index (χ2n) is 3.99. The van der Waals surface area contributed by atoms with Gasteiger partial charge in [0.1, 0.15) is 0 Å². The fraction of sp³-hybridized carbons (Fsp3) is 0.900. The Morgan fingerprint density at radius 1 is 1.64 bits per heavy atom. The van der Waals surface area contributed by atoms with Gasteiger partial charge >= 0.3 is 0 Å². The van der Waals surface area contributed by atoms with E-state index in [1.165, 1.54) is 0 Å². The van der Waals surface area contributed by atoms with E-state index in [1.807, 2.05) is 25.8 Å². The van der Waals surface area contributed by atoms with Crippen LogP contribution in [0.2, 0.25) is 0 Å². The maximum Gasteiger partial charge on any atom is 0.225 e. The molecule has 1 amide bonds. The van der Waals surface area contributed by atoms with E-state index < -0.39 is 0 Å². The standard InChI is InChI=1S/C10H20N2O2/c1-8(2)10(13)12-4-5-14-9(7-12)6-11-3/h8-9,11H,4-7H2,1-3H3/t9-/m0/s1. The minimum Gasteiger partial charge on any atom is -0.373 e. The number of morpholine rings is 1. The number of carbonyl (C=O) groups excluding carboxylic acids is 1. The van der Waals surface area contributed by atoms with E-state index in [9.17, 15) is 4.79 Å². The third-order valence-corrected chi connectivity index (χ3v) is 2.38. The predicted octanol–water partition coefficient (Wildman–Crippen LogP) is 0.0892. The van der Waals surface area contributed by atoms with E-state index in [2.05, 4.69) is 5.32 Å². The number of nitrogens with one attached hydrogen (secondary N) is 1. The van der Waals surface area contributed by atoms with E-state index >= 15 is 0 Å². The van der Waals surface area contributed by atoms with Gasteiger partial charge in [0.25, 0.3) is 0 Å². The van der Waals surface area contributed by atoms with Crippen molar-refractivity contribution in [2.75, 3.05) is 33.3 Å². The van der Waals surface area contributed by atoms with Crippen LogP contribution in [0, 0.1) is 5.92 Å². The van der Waals surface area contributed by atoms with Gasteiger partial charge in [-0.15, -0.1) is 0 Å². The summed E-state index contributed by atoms with van der Waals surface area (Å²) in [5, 5.41) is 3.06. The number of carbonyl (C=O) groups is 1. The molecule has 1 heterocycles. The lowest BCUT2D eigenvalue weighted by Crippen LogP contribution is -2.49. The number of likely N-dealkylation sites (N-methyl/N-ethyl adjacent to an activating group) is 1. The minimum atomic E-state index is 0.0864. The molecule has 1 rings (SSSR count). The van der Waals surface area contributed by atoms with E-state index in [4.69, 9.17) is 4.74 Å². The van der Waals surface area contributed by atoms with Crippen molar-refractivity contribution in [3.63, 3.8) is 0 Å². The van der Waals surface area contributed by atoms with Crippen molar-refractivity contribution in [3.05, 3.63) is 0 Å². The van der Waals surface area contributed by atoms with Crippen molar-refractivity contribution < 1.29 is 9.53 Å². The summed E-state index contributed by atoms with van der Waals surface area (Å²) in [6.07, 6.45) is 0.149. The molecule has 4 nitrogen and oxygen atoms in total. The first kappa shape index (κ1) is 11.5. The zero-order chi connectivity index (χ0) is 10.6. The molecule has 0 aromatic carbocycles. The monoisotopic (exact) mass is 200 g/mol. The van der Waals surface area contributed by atoms with Gasteiger partial charge < -0.3 is 15.0 Å². The van der Waals surface area contributed by atoms with Crippen LogP contribution >= 0.6 is 0 Å². The van der Waals surface area contributed by atoms with E-state index in [-0.39, 0.29) is 17.9 Å². The second-order valence-corrected chi connectivity index (χ2v) is 3.99. The van der Waals surface area contributed by atoms with Gasteiger partial charge in [-0.1, -0.05) is 13.8 Å². The van der Waals surface area contributed by atoms with Crippen molar-refractivity contribution in [1.29, 1.82) is 0 Å². The molecule has 0 spiro atoms. The summed E-state index contributed by atoms with van der Waals surface area (Å²) >= 11 is 0. The van der Waals surface area contributed by atoms with Crippen LogP contribution in [-0.4, -0.2) is 50.2 Å². The molecule has 0 aliphatic carbocycles. The smallest absolute Gasteiger partial charge is 0.225 e. The molecule has 1 N–H and O–H groups in total. The number of rotatable bonds is 3. The molecule has 0 bridgehead atoms. The highest BCUT2D eigenvalue weighted by Gasteiger charge is 2.24. The van der Waals surface area contributed by atoms with Crippen LogP contribution in [0.3, 0.4) is 0 Å². The first-order chi connectivity index (χ1) is 6.65. The molecule has 0 radical (unpaired) electrons. The largest absolute Gasteiger partial charge is 0.373 e. The van der Waals surface area contributed by atoms with Crippen LogP contribution in [0.4, 0.5) is 0 Å². The van der Waals surface area contributed by atoms with Gasteiger partial charge in [-0.25, -0.2) is 0 Å². The number of amides is 1. The van der Waals surface area contributed by atoms with Crippen LogP contribution in [-0.2, 0) is 9.53 Å². The molecule has 0 aromatic rings. The van der Waals surface area contributed by atoms with Crippen LogP contribution < -0.4 is 5.32 Å². The Morgan fingerprint density at radius 2 is 2.36 bits per heavy atom. The SMILES string of the molecule is CNC[C@H]1CN(C(=O)C(C)C)CCO1. The summed E-state index contributed by atoms with van der Waals surface area (Å²) in [5.74, 6) is 0.317. The van der Waals surface area contributed by atoms with Crippen molar-refractivity contribution in [2.45, 2.75) is 20.0 Å². The molecule has 1 aliphatic rings. The molecule has 82 valence electrons. The van der Waals surface area contributed by atoms with Gasteiger partial charge in [-0.3, -0.25) is 4.79 Å². The fourth-order valence-electron chi connectivity index (χ4n) is 1.64. The summed E-state index contributed by atoms with van der Waals surface area (Å²) in [7, 11) is 1.90. The quantitative estimate of drug-likeness (QED) is 0.702. The average Bonchev–Trinajstić information content (AvgIpc) is 2.17. The number of ether oxygens (including phenoxy) is 1. The number of nitrogens with zero attached hydrogens (tertiary/aromatic N) is 1. The Bertz CT molecular complexity index is 193. The Balaban J connectivity index is 2.43.